The largest absolute Gasteiger partial charge is 0.302 e. The Hall–Kier alpha value is -1.31. The topological polar surface area (TPSA) is 58.1 Å². The SMILES string of the molecule is Cc1nc(C(C)N(C)CCC(=O)Nc2nccs2)c(C)s1. The van der Waals surface area contributed by atoms with Gasteiger partial charge in [0.25, 0.3) is 0 Å². The molecule has 0 aliphatic heterocycles. The van der Waals surface area contributed by atoms with E-state index < -0.39 is 0 Å². The van der Waals surface area contributed by atoms with Crippen molar-refractivity contribution in [2.24, 2.45) is 0 Å². The summed E-state index contributed by atoms with van der Waals surface area (Å²) in [6.07, 6.45) is 2.13. The van der Waals surface area contributed by atoms with Gasteiger partial charge in [0.15, 0.2) is 5.13 Å². The number of thiazole rings is 2. The average Bonchev–Trinajstić information content (AvgIpc) is 3.04. The molecule has 1 N–H and O–H groups in total. The van der Waals surface area contributed by atoms with Crippen LogP contribution in [0.2, 0.25) is 0 Å². The Bertz CT molecular complexity index is 594. The molecule has 0 spiro atoms. The van der Waals surface area contributed by atoms with Crippen LogP contribution in [0.25, 0.3) is 0 Å². The number of hydrogen-bond acceptors (Lipinski definition) is 6. The van der Waals surface area contributed by atoms with Gasteiger partial charge in [-0.3, -0.25) is 9.69 Å². The number of nitrogens with one attached hydrogen (secondary N) is 1. The Balaban J connectivity index is 1.85. The molecule has 2 rings (SSSR count). The molecule has 0 saturated heterocycles. The molecule has 0 saturated carbocycles. The smallest absolute Gasteiger partial charge is 0.227 e. The predicted octanol–water partition coefficient (Wildman–Crippen LogP) is 3.24. The maximum atomic E-state index is 11.9. The van der Waals surface area contributed by atoms with Crippen molar-refractivity contribution in [3.8, 4) is 0 Å². The molecule has 2 aromatic heterocycles. The molecule has 21 heavy (non-hydrogen) atoms. The highest BCUT2D eigenvalue weighted by Gasteiger charge is 2.18. The standard InChI is InChI=1S/C14H20N4OS2/c1-9(13-10(2)21-11(3)16-13)18(4)7-5-12(19)17-14-15-6-8-20-14/h6,8-9H,5,7H2,1-4H3,(H,15,17,19). The van der Waals surface area contributed by atoms with Crippen molar-refractivity contribution in [1.82, 2.24) is 14.9 Å². The maximum absolute atomic E-state index is 11.9. The summed E-state index contributed by atoms with van der Waals surface area (Å²) in [4.78, 5) is 23.9. The molecular weight excluding hydrogens is 304 g/mol. The van der Waals surface area contributed by atoms with Crippen molar-refractivity contribution in [1.29, 1.82) is 0 Å². The Morgan fingerprint density at radius 2 is 2.24 bits per heavy atom. The summed E-state index contributed by atoms with van der Waals surface area (Å²) in [5.74, 6) is -0.00446. The summed E-state index contributed by atoms with van der Waals surface area (Å²) in [5.41, 5.74) is 1.11. The lowest BCUT2D eigenvalue weighted by molar-refractivity contribution is -0.116. The molecule has 0 aliphatic carbocycles. The molecule has 5 nitrogen and oxygen atoms in total. The van der Waals surface area contributed by atoms with E-state index in [-0.39, 0.29) is 11.9 Å². The molecule has 1 amide bonds. The molecule has 0 aliphatic rings. The number of aromatic nitrogens is 2. The molecular formula is C14H20N4OS2. The van der Waals surface area contributed by atoms with E-state index in [1.54, 1.807) is 17.5 Å². The summed E-state index contributed by atoms with van der Waals surface area (Å²) in [7, 11) is 2.02. The number of hydrogen-bond donors (Lipinski definition) is 1. The van der Waals surface area contributed by atoms with Gasteiger partial charge in [-0.25, -0.2) is 9.97 Å². The van der Waals surface area contributed by atoms with Crippen molar-refractivity contribution >= 4 is 33.7 Å². The number of rotatable bonds is 6. The van der Waals surface area contributed by atoms with Gasteiger partial charge in [-0.1, -0.05) is 0 Å². The predicted molar refractivity (Wildman–Crippen MR) is 88.0 cm³/mol. The Morgan fingerprint density at radius 1 is 1.48 bits per heavy atom. The molecule has 2 aromatic rings. The van der Waals surface area contributed by atoms with Crippen LogP contribution in [0, 0.1) is 13.8 Å². The van der Waals surface area contributed by atoms with E-state index in [1.807, 2.05) is 19.4 Å². The molecule has 0 radical (unpaired) electrons. The monoisotopic (exact) mass is 324 g/mol. The Labute approximate surface area is 133 Å². The van der Waals surface area contributed by atoms with Crippen LogP contribution in [0.3, 0.4) is 0 Å². The first kappa shape index (κ1) is 16.1. The summed E-state index contributed by atoms with van der Waals surface area (Å²) in [5, 5.41) is 6.39. The number of carbonyl (C=O) groups is 1. The minimum atomic E-state index is -0.00446. The molecule has 2 heterocycles. The van der Waals surface area contributed by atoms with Crippen LogP contribution >= 0.6 is 22.7 Å². The van der Waals surface area contributed by atoms with Crippen LogP contribution in [0.15, 0.2) is 11.6 Å². The summed E-state index contributed by atoms with van der Waals surface area (Å²) in [6, 6.07) is 0.211. The number of anilines is 1. The Kier molecular flexibility index (Phi) is 5.44. The van der Waals surface area contributed by atoms with Gasteiger partial charge in [0.1, 0.15) is 0 Å². The quantitative estimate of drug-likeness (QED) is 0.886. The first-order valence-corrected chi connectivity index (χ1v) is 8.50. The van der Waals surface area contributed by atoms with E-state index >= 15 is 0 Å². The van der Waals surface area contributed by atoms with E-state index in [9.17, 15) is 4.79 Å². The molecule has 114 valence electrons. The van der Waals surface area contributed by atoms with Gasteiger partial charge in [-0.05, 0) is 27.8 Å². The zero-order valence-electron chi connectivity index (χ0n) is 12.7. The van der Waals surface area contributed by atoms with Gasteiger partial charge in [0.2, 0.25) is 5.91 Å². The van der Waals surface area contributed by atoms with Crippen LogP contribution in [0.5, 0.6) is 0 Å². The highest BCUT2D eigenvalue weighted by molar-refractivity contribution is 7.13. The van der Waals surface area contributed by atoms with Gasteiger partial charge in [0, 0.05) is 29.4 Å². The van der Waals surface area contributed by atoms with Crippen molar-refractivity contribution in [2.45, 2.75) is 33.2 Å². The van der Waals surface area contributed by atoms with Crippen LogP contribution in [-0.2, 0) is 4.79 Å². The van der Waals surface area contributed by atoms with Gasteiger partial charge >= 0.3 is 0 Å². The third kappa shape index (κ3) is 4.33. The number of aryl methyl sites for hydroxylation is 2. The van der Waals surface area contributed by atoms with Crippen molar-refractivity contribution in [2.75, 3.05) is 18.9 Å². The van der Waals surface area contributed by atoms with E-state index in [0.717, 1.165) is 10.7 Å². The Morgan fingerprint density at radius 3 is 2.81 bits per heavy atom. The molecule has 7 heteroatoms. The number of amides is 1. The summed E-state index contributed by atoms with van der Waals surface area (Å²) >= 11 is 3.15. The van der Waals surface area contributed by atoms with E-state index in [4.69, 9.17) is 0 Å². The summed E-state index contributed by atoms with van der Waals surface area (Å²) < 4.78 is 0. The van der Waals surface area contributed by atoms with E-state index in [0.29, 0.717) is 18.1 Å². The maximum Gasteiger partial charge on any atom is 0.227 e. The zero-order valence-corrected chi connectivity index (χ0v) is 14.3. The van der Waals surface area contributed by atoms with E-state index in [2.05, 4.69) is 34.0 Å². The fourth-order valence-electron chi connectivity index (χ4n) is 2.08. The van der Waals surface area contributed by atoms with Crippen molar-refractivity contribution < 1.29 is 4.79 Å². The minimum absolute atomic E-state index is 0.00446. The second-order valence-corrected chi connectivity index (χ2v) is 7.27. The highest BCUT2D eigenvalue weighted by atomic mass is 32.1. The molecule has 0 aromatic carbocycles. The summed E-state index contributed by atoms with van der Waals surface area (Å²) in [6.45, 7) is 6.93. The molecule has 0 bridgehead atoms. The fraction of sp³-hybridized carbons (Fsp3) is 0.500. The normalized spacial score (nSPS) is 12.6. The van der Waals surface area contributed by atoms with Gasteiger partial charge in [-0.2, -0.15) is 0 Å². The van der Waals surface area contributed by atoms with Gasteiger partial charge in [0.05, 0.1) is 16.7 Å². The third-order valence-corrected chi connectivity index (χ3v) is 4.96. The van der Waals surface area contributed by atoms with Crippen LogP contribution in [0.4, 0.5) is 5.13 Å². The first-order chi connectivity index (χ1) is 9.97. The van der Waals surface area contributed by atoms with Gasteiger partial charge in [-0.15, -0.1) is 22.7 Å². The van der Waals surface area contributed by atoms with Crippen molar-refractivity contribution in [3.63, 3.8) is 0 Å². The van der Waals surface area contributed by atoms with Crippen molar-refractivity contribution in [3.05, 3.63) is 27.2 Å². The second kappa shape index (κ2) is 7.11. The van der Waals surface area contributed by atoms with E-state index in [1.165, 1.54) is 16.2 Å². The fourth-order valence-corrected chi connectivity index (χ4v) is 3.53. The molecule has 1 unspecified atom stereocenters. The first-order valence-electron chi connectivity index (χ1n) is 6.81. The van der Waals surface area contributed by atoms with Crippen LogP contribution in [-0.4, -0.2) is 34.4 Å². The lowest BCUT2D eigenvalue weighted by atomic mass is 10.2. The average molecular weight is 324 g/mol. The number of carbonyl (C=O) groups excluding carboxylic acids is 1. The van der Waals surface area contributed by atoms with Crippen LogP contribution < -0.4 is 5.32 Å². The second-order valence-electron chi connectivity index (χ2n) is 4.97. The zero-order chi connectivity index (χ0) is 15.4. The minimum Gasteiger partial charge on any atom is -0.302 e. The molecule has 1 atom stereocenters. The highest BCUT2D eigenvalue weighted by Crippen LogP contribution is 2.26. The lowest BCUT2D eigenvalue weighted by Crippen LogP contribution is -2.27. The molecule has 0 fully saturated rings. The van der Waals surface area contributed by atoms with Gasteiger partial charge < -0.3 is 5.32 Å². The number of nitrogens with zero attached hydrogens (tertiary/aromatic N) is 3. The van der Waals surface area contributed by atoms with Crippen LogP contribution in [0.1, 0.15) is 35.0 Å². The third-order valence-electron chi connectivity index (χ3n) is 3.37. The lowest BCUT2D eigenvalue weighted by Gasteiger charge is -2.23.